The van der Waals surface area contributed by atoms with Crippen LogP contribution in [0, 0.1) is 0 Å². The first-order valence-electron chi connectivity index (χ1n) is 5.52. The predicted molar refractivity (Wildman–Crippen MR) is 68.3 cm³/mol. The lowest BCUT2D eigenvalue weighted by Crippen LogP contribution is -2.44. The summed E-state index contributed by atoms with van der Waals surface area (Å²) in [6.45, 7) is 1.66. The molecule has 1 fully saturated rings. The second-order valence-corrected chi connectivity index (χ2v) is 4.84. The van der Waals surface area contributed by atoms with E-state index < -0.39 is 6.09 Å². The maximum atomic E-state index is 10.5. The van der Waals surface area contributed by atoms with Gasteiger partial charge in [0.15, 0.2) is 0 Å². The molecule has 1 aliphatic heterocycles. The van der Waals surface area contributed by atoms with Gasteiger partial charge in [-0.1, -0.05) is 6.07 Å². The van der Waals surface area contributed by atoms with Gasteiger partial charge in [-0.05, 0) is 40.9 Å². The average Bonchev–Trinajstić information content (AvgIpc) is 2.29. The lowest BCUT2D eigenvalue weighted by atomic mass is 10.1. The lowest BCUT2D eigenvalue weighted by molar-refractivity contribution is 0.187. The number of carboxylic acid groups (broad SMARTS) is 1. The van der Waals surface area contributed by atoms with Crippen LogP contribution < -0.4 is 10.2 Å². The topological polar surface area (TPSA) is 65.5 Å². The second-order valence-electron chi connectivity index (χ2n) is 4.03. The zero-order valence-electron chi connectivity index (χ0n) is 9.27. The molecule has 92 valence electrons. The molecule has 5 nitrogen and oxygen atoms in total. The molecule has 0 spiro atoms. The number of halogens is 1. The first-order chi connectivity index (χ1) is 8.15. The highest BCUT2D eigenvalue weighted by atomic mass is 79.9. The quantitative estimate of drug-likeness (QED) is 0.821. The lowest BCUT2D eigenvalue weighted by Gasteiger charge is -2.32. The van der Waals surface area contributed by atoms with Gasteiger partial charge >= 0.3 is 6.09 Å². The van der Waals surface area contributed by atoms with E-state index in [0.717, 1.165) is 36.4 Å². The number of hydrogen-bond donors (Lipinski definition) is 2. The molecule has 0 aromatic carbocycles. The van der Waals surface area contributed by atoms with Gasteiger partial charge in [-0.15, -0.1) is 0 Å². The highest BCUT2D eigenvalue weighted by Gasteiger charge is 2.21. The van der Waals surface area contributed by atoms with Crippen molar-refractivity contribution in [1.82, 2.24) is 10.3 Å². The summed E-state index contributed by atoms with van der Waals surface area (Å²) in [6.07, 6.45) is 0.699. The summed E-state index contributed by atoms with van der Waals surface area (Å²) in [5, 5.41) is 11.2. The molecule has 2 rings (SSSR count). The Morgan fingerprint density at radius 2 is 2.18 bits per heavy atom. The molecule has 0 bridgehead atoms. The van der Waals surface area contributed by atoms with Gasteiger partial charge < -0.3 is 15.3 Å². The Kier molecular flexibility index (Phi) is 3.83. The SMILES string of the molecule is O=C(O)NC1CCN(c2cccc(Br)n2)CC1. The zero-order chi connectivity index (χ0) is 12.3. The standard InChI is InChI=1S/C11H14BrN3O2/c12-9-2-1-3-10(14-9)15-6-4-8(5-7-15)13-11(16)17/h1-3,8,13H,4-7H2,(H,16,17). The monoisotopic (exact) mass is 299 g/mol. The van der Waals surface area contributed by atoms with Gasteiger partial charge in [-0.3, -0.25) is 0 Å². The molecule has 17 heavy (non-hydrogen) atoms. The summed E-state index contributed by atoms with van der Waals surface area (Å²) in [7, 11) is 0. The van der Waals surface area contributed by atoms with E-state index in [0.29, 0.717) is 0 Å². The zero-order valence-corrected chi connectivity index (χ0v) is 10.9. The van der Waals surface area contributed by atoms with E-state index in [1.807, 2.05) is 18.2 Å². The minimum atomic E-state index is -0.941. The van der Waals surface area contributed by atoms with Gasteiger partial charge in [-0.25, -0.2) is 9.78 Å². The van der Waals surface area contributed by atoms with Gasteiger partial charge in [0, 0.05) is 19.1 Å². The van der Waals surface area contributed by atoms with Crippen molar-refractivity contribution >= 4 is 27.8 Å². The van der Waals surface area contributed by atoms with E-state index >= 15 is 0 Å². The van der Waals surface area contributed by atoms with E-state index in [1.54, 1.807) is 0 Å². The molecule has 2 heterocycles. The Morgan fingerprint density at radius 3 is 2.76 bits per heavy atom. The van der Waals surface area contributed by atoms with Crippen LogP contribution in [0.1, 0.15) is 12.8 Å². The van der Waals surface area contributed by atoms with Gasteiger partial charge in [0.1, 0.15) is 10.4 Å². The van der Waals surface area contributed by atoms with Crippen LogP contribution in [0.25, 0.3) is 0 Å². The van der Waals surface area contributed by atoms with Gasteiger partial charge in [0.05, 0.1) is 0 Å². The number of nitrogens with one attached hydrogen (secondary N) is 1. The second kappa shape index (κ2) is 5.35. The third kappa shape index (κ3) is 3.33. The first-order valence-corrected chi connectivity index (χ1v) is 6.31. The minimum absolute atomic E-state index is 0.0657. The summed E-state index contributed by atoms with van der Waals surface area (Å²) in [5.41, 5.74) is 0. The number of pyridine rings is 1. The van der Waals surface area contributed by atoms with Gasteiger partial charge in [-0.2, -0.15) is 0 Å². The number of nitrogens with zero attached hydrogens (tertiary/aromatic N) is 2. The van der Waals surface area contributed by atoms with E-state index in [1.165, 1.54) is 0 Å². The molecule has 1 aromatic rings. The molecule has 0 unspecified atom stereocenters. The molecule has 1 amide bonds. The van der Waals surface area contributed by atoms with Crippen molar-refractivity contribution in [3.05, 3.63) is 22.8 Å². The van der Waals surface area contributed by atoms with Gasteiger partial charge in [0.25, 0.3) is 0 Å². The van der Waals surface area contributed by atoms with E-state index in [2.05, 4.69) is 31.1 Å². The Hall–Kier alpha value is -1.30. The Balaban J connectivity index is 1.93. The predicted octanol–water partition coefficient (Wildman–Crippen LogP) is 2.08. The maximum absolute atomic E-state index is 10.5. The average molecular weight is 300 g/mol. The highest BCUT2D eigenvalue weighted by Crippen LogP contribution is 2.19. The van der Waals surface area contributed by atoms with Crippen LogP contribution in [0.3, 0.4) is 0 Å². The first kappa shape index (κ1) is 12.2. The Bertz CT molecular complexity index is 405. The molecule has 6 heteroatoms. The van der Waals surface area contributed by atoms with Crippen molar-refractivity contribution in [3.63, 3.8) is 0 Å². The molecule has 1 aliphatic rings. The molecule has 1 saturated heterocycles. The van der Waals surface area contributed by atoms with E-state index in [-0.39, 0.29) is 6.04 Å². The summed E-state index contributed by atoms with van der Waals surface area (Å²) in [4.78, 5) is 17.1. The third-order valence-electron chi connectivity index (χ3n) is 2.85. The summed E-state index contributed by atoms with van der Waals surface area (Å²) in [5.74, 6) is 0.938. The third-order valence-corrected chi connectivity index (χ3v) is 3.29. The number of carbonyl (C=O) groups is 1. The van der Waals surface area contributed by atoms with Crippen LogP contribution in [-0.4, -0.2) is 35.3 Å². The normalized spacial score (nSPS) is 16.9. The van der Waals surface area contributed by atoms with Crippen LogP contribution in [0.5, 0.6) is 0 Å². The Labute approximate surface area is 108 Å². The van der Waals surface area contributed by atoms with Crippen LogP contribution in [-0.2, 0) is 0 Å². The number of amides is 1. The van der Waals surface area contributed by atoms with Crippen LogP contribution in [0.4, 0.5) is 10.6 Å². The molecular weight excluding hydrogens is 286 g/mol. The van der Waals surface area contributed by atoms with E-state index in [4.69, 9.17) is 5.11 Å². The molecule has 0 saturated carbocycles. The fourth-order valence-corrected chi connectivity index (χ4v) is 2.34. The summed E-state index contributed by atoms with van der Waals surface area (Å²) in [6, 6.07) is 5.88. The highest BCUT2D eigenvalue weighted by molar-refractivity contribution is 9.10. The molecule has 0 radical (unpaired) electrons. The number of rotatable bonds is 2. The maximum Gasteiger partial charge on any atom is 0.404 e. The van der Waals surface area contributed by atoms with Crippen molar-refractivity contribution in [2.24, 2.45) is 0 Å². The smallest absolute Gasteiger partial charge is 0.404 e. The number of aromatic nitrogens is 1. The molecule has 0 atom stereocenters. The molecular formula is C11H14BrN3O2. The van der Waals surface area contributed by atoms with Crippen molar-refractivity contribution < 1.29 is 9.90 Å². The fourth-order valence-electron chi connectivity index (χ4n) is 2.00. The van der Waals surface area contributed by atoms with Crippen LogP contribution in [0.15, 0.2) is 22.8 Å². The summed E-state index contributed by atoms with van der Waals surface area (Å²) >= 11 is 3.35. The van der Waals surface area contributed by atoms with Gasteiger partial charge in [0.2, 0.25) is 0 Å². The van der Waals surface area contributed by atoms with Crippen molar-refractivity contribution in [2.75, 3.05) is 18.0 Å². The van der Waals surface area contributed by atoms with Crippen LogP contribution >= 0.6 is 15.9 Å². The number of anilines is 1. The fraction of sp³-hybridized carbons (Fsp3) is 0.455. The number of hydrogen-bond acceptors (Lipinski definition) is 3. The van der Waals surface area contributed by atoms with Crippen molar-refractivity contribution in [1.29, 1.82) is 0 Å². The Morgan fingerprint density at radius 1 is 1.47 bits per heavy atom. The number of piperidine rings is 1. The van der Waals surface area contributed by atoms with E-state index in [9.17, 15) is 4.79 Å². The largest absolute Gasteiger partial charge is 0.465 e. The molecule has 0 aliphatic carbocycles. The van der Waals surface area contributed by atoms with Crippen molar-refractivity contribution in [3.8, 4) is 0 Å². The van der Waals surface area contributed by atoms with Crippen LogP contribution in [0.2, 0.25) is 0 Å². The minimum Gasteiger partial charge on any atom is -0.465 e. The van der Waals surface area contributed by atoms with Crippen molar-refractivity contribution in [2.45, 2.75) is 18.9 Å². The molecule has 1 aromatic heterocycles. The molecule has 2 N–H and O–H groups in total. The summed E-state index contributed by atoms with van der Waals surface area (Å²) < 4.78 is 0.820.